The molecule has 1 aliphatic rings. The molecule has 0 atom stereocenters. The van der Waals surface area contributed by atoms with Gasteiger partial charge in [0.25, 0.3) is 0 Å². The van der Waals surface area contributed by atoms with E-state index in [0.717, 1.165) is 36.3 Å². The summed E-state index contributed by atoms with van der Waals surface area (Å²) in [6.45, 7) is 18.5. The van der Waals surface area contributed by atoms with Crippen LogP contribution in [0.1, 0.15) is 90.6 Å². The molecule has 1 saturated carbocycles. The van der Waals surface area contributed by atoms with Crippen LogP contribution in [-0.2, 0) is 25.7 Å². The highest BCUT2D eigenvalue weighted by Crippen LogP contribution is 2.41. The predicted molar refractivity (Wildman–Crippen MR) is 207 cm³/mol. The van der Waals surface area contributed by atoms with Gasteiger partial charge < -0.3 is 25.1 Å². The van der Waals surface area contributed by atoms with E-state index in [-0.39, 0.29) is 34.6 Å². The monoisotopic (exact) mass is 757 g/mol. The van der Waals surface area contributed by atoms with Gasteiger partial charge in [0.15, 0.2) is 8.32 Å². The van der Waals surface area contributed by atoms with Crippen molar-refractivity contribution in [3.05, 3.63) is 65.3 Å². The molecule has 0 unspecified atom stereocenters. The van der Waals surface area contributed by atoms with Crippen LogP contribution < -0.4 is 20.7 Å². The third-order valence-electron chi connectivity index (χ3n) is 9.37. The van der Waals surface area contributed by atoms with Crippen LogP contribution in [0.3, 0.4) is 0 Å². The van der Waals surface area contributed by atoms with Gasteiger partial charge in [0.1, 0.15) is 0 Å². The smallest absolute Gasteiger partial charge is 0.407 e. The number of rotatable bonds is 13. The zero-order valence-electron chi connectivity index (χ0n) is 31.4. The van der Waals surface area contributed by atoms with E-state index < -0.39 is 36.0 Å². The van der Waals surface area contributed by atoms with Crippen molar-refractivity contribution in [3.8, 4) is 10.4 Å². The van der Waals surface area contributed by atoms with E-state index in [1.54, 1.807) is 18.3 Å². The van der Waals surface area contributed by atoms with E-state index in [2.05, 4.69) is 54.5 Å². The second-order valence-electron chi connectivity index (χ2n) is 15.8. The van der Waals surface area contributed by atoms with Crippen LogP contribution in [0.4, 0.5) is 15.3 Å². The number of ether oxygens (including phenoxy) is 1. The van der Waals surface area contributed by atoms with E-state index in [1.165, 1.54) is 17.4 Å². The van der Waals surface area contributed by atoms with Crippen LogP contribution in [0.2, 0.25) is 18.1 Å². The minimum atomic E-state index is -4.12. The first-order valence-electron chi connectivity index (χ1n) is 17.6. The van der Waals surface area contributed by atoms with Crippen LogP contribution in [0.15, 0.2) is 59.6 Å². The SMILES string of the molecule is CC(C)OC(=O)N[C@H]1CC[C@H](c2ncc(-c3ccc(NC(=O)NCc4ccccc4)cc3S(=O)(=O)NC(C)(C)CO[Si](C)(C)C(C)(C)C)s2)CC1. The number of carbonyl (C=O) groups excluding carboxylic acids is 2. The molecule has 280 valence electrons. The normalized spacial score (nSPS) is 17.2. The van der Waals surface area contributed by atoms with Gasteiger partial charge in [0, 0.05) is 41.5 Å². The fourth-order valence-electron chi connectivity index (χ4n) is 5.51. The number of nitrogens with one attached hydrogen (secondary N) is 4. The largest absolute Gasteiger partial charge is 0.447 e. The summed E-state index contributed by atoms with van der Waals surface area (Å²) < 4.78 is 43.1. The molecule has 0 bridgehead atoms. The number of hydrogen-bond donors (Lipinski definition) is 4. The summed E-state index contributed by atoms with van der Waals surface area (Å²) in [5.41, 5.74) is 0.854. The summed E-state index contributed by atoms with van der Waals surface area (Å²) in [4.78, 5) is 30.4. The molecule has 4 rings (SSSR count). The van der Waals surface area contributed by atoms with E-state index in [4.69, 9.17) is 14.1 Å². The molecule has 0 spiro atoms. The van der Waals surface area contributed by atoms with Crippen LogP contribution in [0, 0.1) is 0 Å². The van der Waals surface area contributed by atoms with Crippen molar-refractivity contribution in [1.29, 1.82) is 0 Å². The van der Waals surface area contributed by atoms with Gasteiger partial charge in [0.05, 0.1) is 27.5 Å². The standard InChI is InChI=1S/C37H55N5O6S2Si/c1-25(2)48-35(44)41-28-17-15-27(16-18-28)33-38-23-31(49-33)30-20-19-29(40-34(43)39-22-26-13-11-10-12-14-26)21-32(30)50(45,46)42-37(6,7)24-47-51(8,9)36(3,4)5/h10-14,19-21,23,25,27-28,42H,15-18,22,24H2,1-9H3,(H,41,44)(H2,39,40,43)/t27-,28-. The van der Waals surface area contributed by atoms with Crippen molar-refractivity contribution >= 4 is 47.5 Å². The molecule has 2 aromatic carbocycles. The molecule has 1 heterocycles. The minimum Gasteiger partial charge on any atom is -0.447 e. The van der Waals surface area contributed by atoms with Crippen molar-refractivity contribution < 1.29 is 27.2 Å². The Kier molecular flexibility index (Phi) is 13.2. The average Bonchev–Trinajstić information content (AvgIpc) is 3.53. The number of anilines is 1. The van der Waals surface area contributed by atoms with Crippen LogP contribution in [-0.4, -0.2) is 58.1 Å². The highest BCUT2D eigenvalue weighted by Gasteiger charge is 2.39. The van der Waals surface area contributed by atoms with Crippen molar-refractivity contribution in [2.45, 2.75) is 127 Å². The van der Waals surface area contributed by atoms with Gasteiger partial charge in [0.2, 0.25) is 10.0 Å². The lowest BCUT2D eigenvalue weighted by molar-refractivity contribution is 0.109. The van der Waals surface area contributed by atoms with E-state index in [1.807, 2.05) is 58.0 Å². The van der Waals surface area contributed by atoms with Crippen molar-refractivity contribution in [2.75, 3.05) is 11.9 Å². The number of nitrogens with zero attached hydrogens (tertiary/aromatic N) is 1. The Morgan fingerprint density at radius 3 is 2.29 bits per heavy atom. The summed E-state index contributed by atoms with van der Waals surface area (Å²) in [6.07, 6.45) is 4.44. The Morgan fingerprint density at radius 2 is 1.67 bits per heavy atom. The fraction of sp³-hybridized carbons (Fsp3) is 0.541. The summed E-state index contributed by atoms with van der Waals surface area (Å²) in [7, 11) is -6.26. The number of aromatic nitrogens is 1. The van der Waals surface area contributed by atoms with Crippen LogP contribution >= 0.6 is 11.3 Å². The van der Waals surface area contributed by atoms with Gasteiger partial charge >= 0.3 is 12.1 Å². The highest BCUT2D eigenvalue weighted by atomic mass is 32.2. The number of hydrogen-bond acceptors (Lipinski definition) is 8. The third-order valence-corrected chi connectivity index (χ3v) is 16.8. The van der Waals surface area contributed by atoms with Gasteiger partial charge in [-0.05, 0) is 89.2 Å². The minimum absolute atomic E-state index is 0.0323. The molecule has 3 amide bonds. The molecule has 1 fully saturated rings. The van der Waals surface area contributed by atoms with Gasteiger partial charge in [-0.25, -0.2) is 27.7 Å². The Labute approximate surface area is 308 Å². The number of urea groups is 1. The number of alkyl carbamates (subject to hydrolysis) is 1. The lowest BCUT2D eigenvalue weighted by Gasteiger charge is -2.39. The summed E-state index contributed by atoms with van der Waals surface area (Å²) in [5, 5.41) is 9.48. The van der Waals surface area contributed by atoms with Crippen molar-refractivity contribution in [1.82, 2.24) is 20.3 Å². The molecule has 11 nitrogen and oxygen atoms in total. The molecular weight excluding hydrogens is 703 g/mol. The predicted octanol–water partition coefficient (Wildman–Crippen LogP) is 8.37. The van der Waals surface area contributed by atoms with Crippen molar-refractivity contribution in [3.63, 3.8) is 0 Å². The molecule has 51 heavy (non-hydrogen) atoms. The average molecular weight is 758 g/mol. The molecule has 0 saturated heterocycles. The lowest BCUT2D eigenvalue weighted by Crippen LogP contribution is -2.51. The number of amides is 3. The molecular formula is C37H55N5O6S2Si. The van der Waals surface area contributed by atoms with Crippen molar-refractivity contribution in [2.24, 2.45) is 0 Å². The topological polar surface area (TPSA) is 148 Å². The first-order valence-corrected chi connectivity index (χ1v) is 22.8. The maximum absolute atomic E-state index is 14.3. The Morgan fingerprint density at radius 1 is 1.00 bits per heavy atom. The fourth-order valence-corrected chi connectivity index (χ4v) is 9.50. The molecule has 1 aliphatic carbocycles. The summed E-state index contributed by atoms with van der Waals surface area (Å²) in [5.74, 6) is 0.196. The van der Waals surface area contributed by atoms with Gasteiger partial charge in [-0.3, -0.25) is 0 Å². The number of carbonyl (C=O) groups is 2. The maximum atomic E-state index is 14.3. The van der Waals surface area contributed by atoms with Crippen LogP contribution in [0.25, 0.3) is 10.4 Å². The van der Waals surface area contributed by atoms with Gasteiger partial charge in [-0.1, -0.05) is 57.2 Å². The number of benzene rings is 2. The van der Waals surface area contributed by atoms with E-state index in [9.17, 15) is 18.0 Å². The number of sulfonamides is 1. The first kappa shape index (κ1) is 40.5. The summed E-state index contributed by atoms with van der Waals surface area (Å²) >= 11 is 1.47. The maximum Gasteiger partial charge on any atom is 0.407 e. The Balaban J connectivity index is 1.56. The Bertz CT molecular complexity index is 1750. The second-order valence-corrected chi connectivity index (χ2v) is 23.3. The zero-order valence-corrected chi connectivity index (χ0v) is 34.0. The summed E-state index contributed by atoms with van der Waals surface area (Å²) in [6, 6.07) is 14.1. The Hall–Kier alpha value is -3.30. The number of thiazole rings is 1. The van der Waals surface area contributed by atoms with E-state index in [0.29, 0.717) is 22.7 Å². The quantitative estimate of drug-likeness (QED) is 0.128. The first-order chi connectivity index (χ1) is 23.7. The lowest BCUT2D eigenvalue weighted by atomic mass is 9.86. The van der Waals surface area contributed by atoms with E-state index >= 15 is 0 Å². The molecule has 3 aromatic rings. The molecule has 4 N–H and O–H groups in total. The molecule has 0 radical (unpaired) electrons. The molecule has 14 heteroatoms. The second kappa shape index (κ2) is 16.6. The van der Waals surface area contributed by atoms with Gasteiger partial charge in [-0.2, -0.15) is 0 Å². The third kappa shape index (κ3) is 11.6. The van der Waals surface area contributed by atoms with Crippen LogP contribution in [0.5, 0.6) is 0 Å². The zero-order chi connectivity index (χ0) is 37.6. The molecule has 0 aliphatic heterocycles. The highest BCUT2D eigenvalue weighted by molar-refractivity contribution is 7.89. The van der Waals surface area contributed by atoms with Gasteiger partial charge in [-0.15, -0.1) is 11.3 Å². The molecule has 1 aromatic heterocycles.